The topological polar surface area (TPSA) is 60.4 Å². The van der Waals surface area contributed by atoms with Crippen LogP contribution < -0.4 is 0 Å². The van der Waals surface area contributed by atoms with Gasteiger partial charge in [-0.15, -0.1) is 0 Å². The van der Waals surface area contributed by atoms with E-state index in [0.717, 1.165) is 17.3 Å². The SMILES string of the molecule is CC(C)C(OC(=O)C(=O)SCc1ccccc1)=S=O. The van der Waals surface area contributed by atoms with Crippen molar-refractivity contribution < 1.29 is 18.5 Å². The first-order valence-corrected chi connectivity index (χ1v) is 7.36. The predicted octanol–water partition coefficient (Wildman–Crippen LogP) is 1.99. The second-order valence-corrected chi connectivity index (χ2v) is 5.53. The maximum atomic E-state index is 11.6. The van der Waals surface area contributed by atoms with Gasteiger partial charge in [-0.05, 0) is 5.56 Å². The zero-order chi connectivity index (χ0) is 14.3. The Morgan fingerprint density at radius 1 is 1.21 bits per heavy atom. The summed E-state index contributed by atoms with van der Waals surface area (Å²) in [7, 11) is 0. The standard InChI is InChI=1S/C13H14O4S2/c1-9(2)13(19-16)17-11(14)12(15)18-8-10-6-4-3-5-7-10/h3-7,9H,8H2,1-2H3. The van der Waals surface area contributed by atoms with Crippen LogP contribution in [0.15, 0.2) is 30.3 Å². The lowest BCUT2D eigenvalue weighted by Gasteiger charge is -2.06. The molecule has 0 unspecified atom stereocenters. The molecule has 0 aromatic heterocycles. The largest absolute Gasteiger partial charge is 0.410 e. The first-order chi connectivity index (χ1) is 9.04. The summed E-state index contributed by atoms with van der Waals surface area (Å²) in [5.74, 6) is -0.803. The summed E-state index contributed by atoms with van der Waals surface area (Å²) in [6.45, 7) is 3.43. The number of ether oxygens (including phenoxy) is 1. The van der Waals surface area contributed by atoms with Crippen molar-refractivity contribution in [3.05, 3.63) is 35.9 Å². The molecule has 0 radical (unpaired) electrons. The first-order valence-electron chi connectivity index (χ1n) is 5.64. The van der Waals surface area contributed by atoms with E-state index in [1.807, 2.05) is 30.3 Å². The smallest absolute Gasteiger partial charge is 0.391 e. The van der Waals surface area contributed by atoms with Crippen LogP contribution in [-0.2, 0) is 31.3 Å². The van der Waals surface area contributed by atoms with Gasteiger partial charge < -0.3 is 4.74 Å². The molecule has 0 saturated carbocycles. The molecule has 0 atom stereocenters. The van der Waals surface area contributed by atoms with Gasteiger partial charge in [0.25, 0.3) is 5.12 Å². The molecule has 102 valence electrons. The highest BCUT2D eigenvalue weighted by atomic mass is 32.2. The van der Waals surface area contributed by atoms with Gasteiger partial charge in [0.15, 0.2) is 0 Å². The lowest BCUT2D eigenvalue weighted by atomic mass is 10.2. The van der Waals surface area contributed by atoms with Gasteiger partial charge in [0.1, 0.15) is 11.3 Å². The minimum Gasteiger partial charge on any atom is -0.410 e. The number of hydrogen-bond acceptors (Lipinski definition) is 5. The highest BCUT2D eigenvalue weighted by Gasteiger charge is 2.20. The molecule has 0 spiro atoms. The number of benzene rings is 1. The van der Waals surface area contributed by atoms with E-state index in [1.54, 1.807) is 13.8 Å². The molecule has 0 fully saturated rings. The summed E-state index contributed by atoms with van der Waals surface area (Å²) >= 11 is 0.964. The molecule has 1 rings (SSSR count). The van der Waals surface area contributed by atoms with Gasteiger partial charge in [-0.25, -0.2) is 9.00 Å². The van der Waals surface area contributed by atoms with Crippen LogP contribution >= 0.6 is 11.8 Å². The van der Waals surface area contributed by atoms with E-state index in [9.17, 15) is 13.8 Å². The second-order valence-electron chi connectivity index (χ2n) is 4.01. The van der Waals surface area contributed by atoms with Gasteiger partial charge in [-0.3, -0.25) is 4.79 Å². The average molecular weight is 298 g/mol. The Hall–Kier alpha value is -1.40. The number of rotatable bonds is 3. The fraction of sp³-hybridized carbons (Fsp3) is 0.308. The van der Waals surface area contributed by atoms with Crippen LogP contribution in [-0.4, -0.2) is 20.3 Å². The van der Waals surface area contributed by atoms with E-state index < -0.39 is 11.1 Å². The summed E-state index contributed by atoms with van der Waals surface area (Å²) in [5.41, 5.74) is 0.944. The molecule has 1 aromatic rings. The number of thioether (sulfide) groups is 1. The molecule has 0 aliphatic carbocycles. The maximum absolute atomic E-state index is 11.6. The molecule has 0 heterocycles. The first kappa shape index (κ1) is 15.7. The summed E-state index contributed by atoms with van der Waals surface area (Å²) in [4.78, 5) is 23.0. The van der Waals surface area contributed by atoms with E-state index in [-0.39, 0.29) is 22.2 Å². The van der Waals surface area contributed by atoms with Gasteiger partial charge in [0.2, 0.25) is 5.05 Å². The number of hydrogen-bond donors (Lipinski definition) is 0. The monoisotopic (exact) mass is 298 g/mol. The van der Waals surface area contributed by atoms with Crippen LogP contribution in [0, 0.1) is 5.92 Å². The van der Waals surface area contributed by atoms with E-state index in [2.05, 4.69) is 0 Å². The van der Waals surface area contributed by atoms with Crippen molar-refractivity contribution >= 4 is 39.2 Å². The summed E-state index contributed by atoms with van der Waals surface area (Å²) in [6, 6.07) is 9.32. The van der Waals surface area contributed by atoms with Gasteiger partial charge in [0, 0.05) is 11.7 Å². The van der Waals surface area contributed by atoms with Crippen molar-refractivity contribution in [3.8, 4) is 0 Å². The van der Waals surface area contributed by atoms with Crippen LogP contribution in [0.2, 0.25) is 0 Å². The molecular formula is C13H14O4S2. The lowest BCUT2D eigenvalue weighted by Crippen LogP contribution is -2.22. The molecule has 0 N–H and O–H groups in total. The molecule has 0 bridgehead atoms. The van der Waals surface area contributed by atoms with E-state index in [4.69, 9.17) is 4.74 Å². The molecule has 0 aliphatic heterocycles. The van der Waals surface area contributed by atoms with Gasteiger partial charge in [0.05, 0.1) is 0 Å². The molecule has 4 nitrogen and oxygen atoms in total. The second kappa shape index (κ2) is 7.91. The minimum absolute atomic E-state index is 0.0126. The Bertz CT molecular complexity index is 505. The quantitative estimate of drug-likeness (QED) is 0.485. The fourth-order valence-electron chi connectivity index (χ4n) is 1.15. The molecule has 19 heavy (non-hydrogen) atoms. The van der Waals surface area contributed by atoms with E-state index in [1.165, 1.54) is 0 Å². The maximum Gasteiger partial charge on any atom is 0.391 e. The highest BCUT2D eigenvalue weighted by Crippen LogP contribution is 2.13. The lowest BCUT2D eigenvalue weighted by molar-refractivity contribution is -0.143. The van der Waals surface area contributed by atoms with Crippen molar-refractivity contribution in [2.24, 2.45) is 5.92 Å². The van der Waals surface area contributed by atoms with Crippen LogP contribution in [0.3, 0.4) is 0 Å². The number of carbonyl (C=O) groups excluding carboxylic acids is 2. The van der Waals surface area contributed by atoms with Crippen molar-refractivity contribution in [2.45, 2.75) is 19.6 Å². The van der Waals surface area contributed by atoms with Crippen molar-refractivity contribution in [3.63, 3.8) is 0 Å². The average Bonchev–Trinajstić information content (AvgIpc) is 2.42. The van der Waals surface area contributed by atoms with Crippen LogP contribution in [0.1, 0.15) is 19.4 Å². The van der Waals surface area contributed by atoms with Crippen LogP contribution in [0.25, 0.3) is 0 Å². The zero-order valence-electron chi connectivity index (χ0n) is 10.6. The Labute approximate surface area is 119 Å². The molecular weight excluding hydrogens is 284 g/mol. The normalized spacial score (nSPS) is 10.1. The number of carbonyl (C=O) groups is 2. The number of esters is 1. The summed E-state index contributed by atoms with van der Waals surface area (Å²) in [5, 5.41) is -0.685. The summed E-state index contributed by atoms with van der Waals surface area (Å²) in [6.07, 6.45) is 0. The van der Waals surface area contributed by atoms with Crippen molar-refractivity contribution in [1.29, 1.82) is 0 Å². The molecule has 0 amide bonds. The highest BCUT2D eigenvalue weighted by molar-refractivity contribution is 8.14. The van der Waals surface area contributed by atoms with Crippen LogP contribution in [0.5, 0.6) is 0 Å². The molecule has 0 saturated heterocycles. The Balaban J connectivity index is 2.50. The Kier molecular flexibility index (Phi) is 6.52. The molecule has 6 heteroatoms. The summed E-state index contributed by atoms with van der Waals surface area (Å²) < 4.78 is 15.5. The molecule has 1 aromatic carbocycles. The minimum atomic E-state index is -0.993. The third-order valence-electron chi connectivity index (χ3n) is 2.13. The van der Waals surface area contributed by atoms with Crippen molar-refractivity contribution in [1.82, 2.24) is 0 Å². The zero-order valence-corrected chi connectivity index (χ0v) is 12.3. The van der Waals surface area contributed by atoms with E-state index in [0.29, 0.717) is 5.75 Å². The molecule has 0 aliphatic rings. The van der Waals surface area contributed by atoms with Gasteiger partial charge >= 0.3 is 5.97 Å². The fourth-order valence-corrected chi connectivity index (χ4v) is 2.10. The Morgan fingerprint density at radius 3 is 2.37 bits per heavy atom. The van der Waals surface area contributed by atoms with Crippen molar-refractivity contribution in [2.75, 3.05) is 0 Å². The predicted molar refractivity (Wildman–Crippen MR) is 76.8 cm³/mol. The van der Waals surface area contributed by atoms with Gasteiger partial charge in [-0.2, -0.15) is 0 Å². The third-order valence-corrected chi connectivity index (χ3v) is 3.75. The third kappa shape index (κ3) is 5.40. The Morgan fingerprint density at radius 2 is 1.84 bits per heavy atom. The van der Waals surface area contributed by atoms with Crippen LogP contribution in [0.4, 0.5) is 0 Å². The van der Waals surface area contributed by atoms with E-state index >= 15 is 0 Å². The van der Waals surface area contributed by atoms with Gasteiger partial charge in [-0.1, -0.05) is 55.9 Å².